The molecule has 0 aliphatic carbocycles. The second-order valence-electron chi connectivity index (χ2n) is 3.44. The zero-order valence-electron chi connectivity index (χ0n) is 9.15. The van der Waals surface area contributed by atoms with E-state index in [9.17, 15) is 4.39 Å². The molecule has 1 aromatic carbocycles. The van der Waals surface area contributed by atoms with E-state index in [0.29, 0.717) is 16.0 Å². The summed E-state index contributed by atoms with van der Waals surface area (Å²) >= 11 is 3.08. The van der Waals surface area contributed by atoms with Crippen molar-refractivity contribution in [2.75, 3.05) is 5.73 Å². The Balaban J connectivity index is 2.26. The van der Waals surface area contributed by atoms with Gasteiger partial charge in [-0.25, -0.2) is 4.39 Å². The van der Waals surface area contributed by atoms with Crippen molar-refractivity contribution in [3.05, 3.63) is 34.8 Å². The normalized spacial score (nSPS) is 10.5. The lowest BCUT2D eigenvalue weighted by Crippen LogP contribution is -1.94. The van der Waals surface area contributed by atoms with Crippen LogP contribution in [-0.2, 0) is 6.54 Å². The number of hydrogen-bond acceptors (Lipinski definition) is 3. The maximum atomic E-state index is 13.2. The van der Waals surface area contributed by atoms with Gasteiger partial charge in [0, 0.05) is 18.7 Å². The Bertz CT molecular complexity index is 542. The summed E-state index contributed by atoms with van der Waals surface area (Å²) in [6, 6.07) is 2.71. The number of hydrogen-bond donors (Lipinski definition) is 1. The minimum atomic E-state index is -0.417. The van der Waals surface area contributed by atoms with Gasteiger partial charge < -0.3 is 10.5 Å². The Hall–Kier alpha value is -1.56. The third-order valence-electron chi connectivity index (χ3n) is 2.21. The minimum Gasteiger partial charge on any atom is -0.452 e. The number of aromatic nitrogens is 2. The number of rotatable bonds is 3. The topological polar surface area (TPSA) is 53.1 Å². The number of aryl methyl sites for hydroxylation is 1. The largest absolute Gasteiger partial charge is 0.452 e. The summed E-state index contributed by atoms with van der Waals surface area (Å²) in [7, 11) is 0. The van der Waals surface area contributed by atoms with Crippen molar-refractivity contribution in [3.63, 3.8) is 0 Å². The molecule has 2 N–H and O–H groups in total. The summed E-state index contributed by atoms with van der Waals surface area (Å²) in [6.07, 6.45) is 3.33. The van der Waals surface area contributed by atoms with Gasteiger partial charge in [-0.15, -0.1) is 0 Å². The molecule has 2 rings (SSSR count). The van der Waals surface area contributed by atoms with Crippen LogP contribution in [0.1, 0.15) is 6.92 Å². The summed E-state index contributed by atoms with van der Waals surface area (Å²) in [5.41, 5.74) is 5.91. The molecule has 0 aliphatic heterocycles. The van der Waals surface area contributed by atoms with Gasteiger partial charge in [-0.3, -0.25) is 4.68 Å². The van der Waals surface area contributed by atoms with Crippen molar-refractivity contribution < 1.29 is 9.13 Å². The molecule has 0 aliphatic rings. The number of anilines is 1. The number of halogens is 2. The molecule has 0 spiro atoms. The van der Waals surface area contributed by atoms with Crippen LogP contribution in [0.15, 0.2) is 29.0 Å². The Morgan fingerprint density at radius 3 is 2.94 bits per heavy atom. The van der Waals surface area contributed by atoms with Crippen LogP contribution in [0, 0.1) is 5.82 Å². The first kappa shape index (κ1) is 11.9. The van der Waals surface area contributed by atoms with E-state index in [1.165, 1.54) is 12.1 Å². The molecule has 0 bridgehead atoms. The summed E-state index contributed by atoms with van der Waals surface area (Å²) in [4.78, 5) is 0. The number of nitrogens with zero attached hydrogens (tertiary/aromatic N) is 2. The lowest BCUT2D eigenvalue weighted by atomic mass is 10.3. The van der Waals surface area contributed by atoms with Gasteiger partial charge in [0.2, 0.25) is 0 Å². The first-order valence-corrected chi connectivity index (χ1v) is 5.84. The third-order valence-corrected chi connectivity index (χ3v) is 2.82. The average Bonchev–Trinajstić information content (AvgIpc) is 2.73. The first-order chi connectivity index (χ1) is 8.10. The molecule has 0 unspecified atom stereocenters. The molecule has 2 aromatic rings. The van der Waals surface area contributed by atoms with E-state index >= 15 is 0 Å². The van der Waals surface area contributed by atoms with Crippen molar-refractivity contribution in [3.8, 4) is 11.5 Å². The molecule has 0 radical (unpaired) electrons. The fourth-order valence-corrected chi connectivity index (χ4v) is 1.65. The SMILES string of the molecule is CCn1cc(Oc2cc(Br)c(F)cc2N)cn1. The van der Waals surface area contributed by atoms with Gasteiger partial charge in [0.1, 0.15) is 5.82 Å². The van der Waals surface area contributed by atoms with Crippen LogP contribution < -0.4 is 10.5 Å². The highest BCUT2D eigenvalue weighted by Crippen LogP contribution is 2.31. The average molecular weight is 300 g/mol. The maximum Gasteiger partial charge on any atom is 0.165 e. The molecule has 17 heavy (non-hydrogen) atoms. The maximum absolute atomic E-state index is 13.2. The molecule has 0 amide bonds. The number of benzene rings is 1. The van der Waals surface area contributed by atoms with Crippen molar-refractivity contribution in [1.29, 1.82) is 0 Å². The molecule has 90 valence electrons. The molecule has 0 saturated heterocycles. The number of nitrogen functional groups attached to an aromatic ring is 1. The van der Waals surface area contributed by atoms with E-state index in [-0.39, 0.29) is 5.69 Å². The zero-order valence-corrected chi connectivity index (χ0v) is 10.7. The van der Waals surface area contributed by atoms with Gasteiger partial charge in [-0.05, 0) is 22.9 Å². The minimum absolute atomic E-state index is 0.245. The summed E-state index contributed by atoms with van der Waals surface area (Å²) in [5, 5.41) is 4.07. The molecule has 6 heteroatoms. The van der Waals surface area contributed by atoms with E-state index < -0.39 is 5.82 Å². The quantitative estimate of drug-likeness (QED) is 0.886. The predicted molar refractivity (Wildman–Crippen MR) is 66.5 cm³/mol. The zero-order chi connectivity index (χ0) is 12.4. The van der Waals surface area contributed by atoms with Crippen molar-refractivity contribution in [2.45, 2.75) is 13.5 Å². The first-order valence-electron chi connectivity index (χ1n) is 5.05. The molecule has 0 atom stereocenters. The number of nitrogens with two attached hydrogens (primary N) is 1. The van der Waals surface area contributed by atoms with Gasteiger partial charge >= 0.3 is 0 Å². The highest BCUT2D eigenvalue weighted by molar-refractivity contribution is 9.10. The Kier molecular flexibility index (Phi) is 3.33. The summed E-state index contributed by atoms with van der Waals surface area (Å²) in [5.74, 6) is 0.546. The second kappa shape index (κ2) is 4.75. The molecular formula is C11H11BrFN3O. The predicted octanol–water partition coefficient (Wildman–Crippen LogP) is 3.18. The lowest BCUT2D eigenvalue weighted by molar-refractivity contribution is 0.481. The van der Waals surface area contributed by atoms with Crippen LogP contribution in [0.5, 0.6) is 11.5 Å². The van der Waals surface area contributed by atoms with E-state index in [0.717, 1.165) is 6.54 Å². The monoisotopic (exact) mass is 299 g/mol. The highest BCUT2D eigenvalue weighted by Gasteiger charge is 2.09. The van der Waals surface area contributed by atoms with Crippen LogP contribution in [0.25, 0.3) is 0 Å². The molecule has 0 saturated carbocycles. The van der Waals surface area contributed by atoms with Gasteiger partial charge in [0.25, 0.3) is 0 Å². The highest BCUT2D eigenvalue weighted by atomic mass is 79.9. The van der Waals surface area contributed by atoms with Crippen LogP contribution in [-0.4, -0.2) is 9.78 Å². The van der Waals surface area contributed by atoms with Crippen LogP contribution >= 0.6 is 15.9 Å². The molecule has 0 fully saturated rings. The summed E-state index contributed by atoms with van der Waals surface area (Å²) < 4.78 is 20.7. The summed E-state index contributed by atoms with van der Waals surface area (Å²) in [6.45, 7) is 2.73. The van der Waals surface area contributed by atoms with Crippen LogP contribution in [0.4, 0.5) is 10.1 Å². The van der Waals surface area contributed by atoms with Crippen molar-refractivity contribution in [2.24, 2.45) is 0 Å². The number of ether oxygens (including phenoxy) is 1. The van der Waals surface area contributed by atoms with Gasteiger partial charge in [-0.1, -0.05) is 0 Å². The lowest BCUT2D eigenvalue weighted by Gasteiger charge is -2.07. The van der Waals surface area contributed by atoms with Gasteiger partial charge in [0.15, 0.2) is 11.5 Å². The molecular weight excluding hydrogens is 289 g/mol. The fraction of sp³-hybridized carbons (Fsp3) is 0.182. The van der Waals surface area contributed by atoms with E-state index in [2.05, 4.69) is 21.0 Å². The van der Waals surface area contributed by atoms with Gasteiger partial charge in [0.05, 0.1) is 22.6 Å². The van der Waals surface area contributed by atoms with Crippen molar-refractivity contribution in [1.82, 2.24) is 9.78 Å². The van der Waals surface area contributed by atoms with Crippen LogP contribution in [0.2, 0.25) is 0 Å². The van der Waals surface area contributed by atoms with Gasteiger partial charge in [-0.2, -0.15) is 5.10 Å². The second-order valence-corrected chi connectivity index (χ2v) is 4.29. The fourth-order valence-electron chi connectivity index (χ4n) is 1.33. The smallest absolute Gasteiger partial charge is 0.165 e. The molecule has 1 aromatic heterocycles. The van der Waals surface area contributed by atoms with Crippen LogP contribution in [0.3, 0.4) is 0 Å². The van der Waals surface area contributed by atoms with E-state index in [4.69, 9.17) is 10.5 Å². The molecule has 1 heterocycles. The Morgan fingerprint density at radius 2 is 2.29 bits per heavy atom. The van der Waals surface area contributed by atoms with Crippen molar-refractivity contribution >= 4 is 21.6 Å². The van der Waals surface area contributed by atoms with E-state index in [1.54, 1.807) is 17.1 Å². The van der Waals surface area contributed by atoms with E-state index in [1.807, 2.05) is 6.92 Å². The Morgan fingerprint density at radius 1 is 1.53 bits per heavy atom. The standard InChI is InChI=1S/C11H11BrFN3O/c1-2-16-6-7(5-15-16)17-11-3-8(12)9(13)4-10(11)14/h3-6H,2,14H2,1H3. The Labute approximate surface area is 106 Å². The molecule has 4 nitrogen and oxygen atoms in total. The third kappa shape index (κ3) is 2.58.